The van der Waals surface area contributed by atoms with Gasteiger partial charge >= 0.3 is 0 Å². The summed E-state index contributed by atoms with van der Waals surface area (Å²) in [4.78, 5) is 66.3. The molecule has 0 saturated heterocycles. The summed E-state index contributed by atoms with van der Waals surface area (Å²) in [7, 11) is 3.05. The van der Waals surface area contributed by atoms with E-state index in [0.717, 1.165) is 0 Å². The molecule has 0 aromatic heterocycles. The fourth-order valence-electron chi connectivity index (χ4n) is 5.82. The standard InChI is InChI=1S/C22H24N2O8/c1-24(2)16-11-6-9-5-10-8(7-25)3-4-12(26)14(10)17(27)13(9)19(29)22(11,32)20(30)15(18(16)28)21(23)31/h3-4,9,11,13,15-16,25-26,32H,5-7H2,1-2H3,(H2,23,31)/t9-,11-,13?,15?,16-,22-/m0/s1. The fourth-order valence-corrected chi connectivity index (χ4v) is 5.82. The number of aliphatic hydroxyl groups excluding tert-OH is 1. The first kappa shape index (κ1) is 22.3. The highest BCUT2D eigenvalue weighted by atomic mass is 16.3. The van der Waals surface area contributed by atoms with Crippen LogP contribution in [0.25, 0.3) is 0 Å². The molecule has 4 rings (SSSR count). The first-order valence-electron chi connectivity index (χ1n) is 10.3. The molecule has 1 aromatic carbocycles. The Morgan fingerprint density at radius 3 is 2.41 bits per heavy atom. The fraction of sp³-hybridized carbons (Fsp3) is 0.500. The lowest BCUT2D eigenvalue weighted by Gasteiger charge is -2.52. The highest BCUT2D eigenvalue weighted by molar-refractivity contribution is 6.32. The summed E-state index contributed by atoms with van der Waals surface area (Å²) in [5, 5.41) is 31.4. The van der Waals surface area contributed by atoms with E-state index in [4.69, 9.17) is 5.73 Å². The van der Waals surface area contributed by atoms with Gasteiger partial charge in [-0.2, -0.15) is 0 Å². The summed E-state index contributed by atoms with van der Waals surface area (Å²) >= 11 is 0. The molecule has 2 saturated carbocycles. The van der Waals surface area contributed by atoms with Crippen molar-refractivity contribution in [3.8, 4) is 5.75 Å². The number of aliphatic hydroxyl groups is 2. The number of hydrogen-bond acceptors (Lipinski definition) is 9. The Balaban J connectivity index is 1.88. The van der Waals surface area contributed by atoms with Crippen LogP contribution in [-0.2, 0) is 32.2 Å². The van der Waals surface area contributed by atoms with E-state index in [1.807, 2.05) is 0 Å². The lowest BCUT2D eigenvalue weighted by molar-refractivity contribution is -0.181. The van der Waals surface area contributed by atoms with Gasteiger partial charge in [-0.05, 0) is 50.0 Å². The minimum absolute atomic E-state index is 0.0234. The number of amides is 1. The van der Waals surface area contributed by atoms with Gasteiger partial charge < -0.3 is 21.1 Å². The average molecular weight is 444 g/mol. The van der Waals surface area contributed by atoms with Gasteiger partial charge in [0.15, 0.2) is 34.7 Å². The number of benzene rings is 1. The summed E-state index contributed by atoms with van der Waals surface area (Å²) in [6.07, 6.45) is 0.112. The molecule has 170 valence electrons. The lowest BCUT2D eigenvalue weighted by Crippen LogP contribution is -2.74. The number of hydrogen-bond donors (Lipinski definition) is 4. The van der Waals surface area contributed by atoms with Crippen LogP contribution < -0.4 is 5.73 Å². The number of rotatable bonds is 3. The van der Waals surface area contributed by atoms with Crippen molar-refractivity contribution in [3.63, 3.8) is 0 Å². The van der Waals surface area contributed by atoms with E-state index < -0.39 is 64.4 Å². The number of fused-ring (bicyclic) bond motifs is 3. The van der Waals surface area contributed by atoms with Crippen LogP contribution in [0.3, 0.4) is 0 Å². The van der Waals surface area contributed by atoms with Crippen LogP contribution >= 0.6 is 0 Å². The molecule has 0 heterocycles. The van der Waals surface area contributed by atoms with Gasteiger partial charge in [0.05, 0.1) is 24.1 Å². The molecular weight excluding hydrogens is 420 g/mol. The summed E-state index contributed by atoms with van der Waals surface area (Å²) in [5.74, 6) is -10.8. The number of phenolic OH excluding ortho intramolecular Hbond substituents is 1. The Bertz CT molecular complexity index is 1080. The Morgan fingerprint density at radius 2 is 1.84 bits per heavy atom. The van der Waals surface area contributed by atoms with Gasteiger partial charge in [0.2, 0.25) is 5.91 Å². The van der Waals surface area contributed by atoms with Crippen molar-refractivity contribution in [2.45, 2.75) is 31.1 Å². The number of Topliss-reactive ketones (excluding diaryl/α,β-unsaturated/α-hetero) is 4. The molecule has 3 aliphatic carbocycles. The van der Waals surface area contributed by atoms with Crippen LogP contribution in [0, 0.1) is 23.7 Å². The van der Waals surface area contributed by atoms with Crippen LogP contribution in [0.1, 0.15) is 27.9 Å². The number of primary amides is 1. The highest BCUT2D eigenvalue weighted by Crippen LogP contribution is 2.50. The minimum atomic E-state index is -2.74. The molecule has 2 fully saturated rings. The third-order valence-corrected chi connectivity index (χ3v) is 7.21. The maximum atomic E-state index is 13.6. The van der Waals surface area contributed by atoms with Crippen LogP contribution in [-0.4, -0.2) is 75.0 Å². The maximum absolute atomic E-state index is 13.6. The largest absolute Gasteiger partial charge is 0.507 e. The van der Waals surface area contributed by atoms with Gasteiger partial charge in [-0.15, -0.1) is 0 Å². The van der Waals surface area contributed by atoms with Crippen molar-refractivity contribution < 1.29 is 39.3 Å². The van der Waals surface area contributed by atoms with Gasteiger partial charge in [0.1, 0.15) is 5.75 Å². The van der Waals surface area contributed by atoms with E-state index in [1.54, 1.807) is 0 Å². The van der Waals surface area contributed by atoms with Crippen molar-refractivity contribution in [2.24, 2.45) is 29.4 Å². The number of carbonyl (C=O) groups is 5. The zero-order valence-corrected chi connectivity index (χ0v) is 17.6. The van der Waals surface area contributed by atoms with Gasteiger partial charge in [-0.25, -0.2) is 0 Å². The summed E-state index contributed by atoms with van der Waals surface area (Å²) < 4.78 is 0. The molecule has 0 bridgehead atoms. The predicted molar refractivity (Wildman–Crippen MR) is 107 cm³/mol. The topological polar surface area (TPSA) is 175 Å². The maximum Gasteiger partial charge on any atom is 0.235 e. The smallest absolute Gasteiger partial charge is 0.235 e. The molecule has 1 aromatic rings. The summed E-state index contributed by atoms with van der Waals surface area (Å²) in [5.41, 5.74) is 3.24. The van der Waals surface area contributed by atoms with Crippen molar-refractivity contribution in [3.05, 3.63) is 28.8 Å². The molecular formula is C22H24N2O8. The number of nitrogens with two attached hydrogens (primary N) is 1. The highest BCUT2D eigenvalue weighted by Gasteiger charge is 2.69. The van der Waals surface area contributed by atoms with E-state index in [1.165, 1.54) is 31.1 Å². The second-order valence-corrected chi connectivity index (χ2v) is 9.04. The number of phenols is 1. The first-order chi connectivity index (χ1) is 15.0. The van der Waals surface area contributed by atoms with Gasteiger partial charge in [0.25, 0.3) is 0 Å². The van der Waals surface area contributed by atoms with E-state index >= 15 is 0 Å². The molecule has 0 aliphatic heterocycles. The second kappa shape index (κ2) is 7.29. The average Bonchev–Trinajstić information content (AvgIpc) is 2.70. The number of ketones is 4. The molecule has 2 unspecified atom stereocenters. The van der Waals surface area contributed by atoms with Crippen LogP contribution in [0.5, 0.6) is 5.75 Å². The minimum Gasteiger partial charge on any atom is -0.507 e. The zero-order valence-electron chi connectivity index (χ0n) is 17.6. The van der Waals surface area contributed by atoms with Crippen molar-refractivity contribution in [1.29, 1.82) is 0 Å². The first-order valence-corrected chi connectivity index (χ1v) is 10.3. The van der Waals surface area contributed by atoms with Crippen LogP contribution in [0.4, 0.5) is 0 Å². The Kier molecular flexibility index (Phi) is 5.07. The van der Waals surface area contributed by atoms with Gasteiger partial charge in [0, 0.05) is 5.92 Å². The molecule has 6 atom stereocenters. The molecule has 0 spiro atoms. The van der Waals surface area contributed by atoms with Crippen molar-refractivity contribution >= 4 is 29.0 Å². The number of nitrogens with zero attached hydrogens (tertiary/aromatic N) is 1. The Hall–Kier alpha value is -2.95. The third kappa shape index (κ3) is 2.73. The van der Waals surface area contributed by atoms with Crippen molar-refractivity contribution in [1.82, 2.24) is 4.90 Å². The number of likely N-dealkylation sites (N-methyl/N-ethyl adjacent to an activating group) is 1. The Morgan fingerprint density at radius 1 is 1.19 bits per heavy atom. The van der Waals surface area contributed by atoms with Crippen LogP contribution in [0.15, 0.2) is 12.1 Å². The van der Waals surface area contributed by atoms with E-state index in [9.17, 15) is 39.3 Å². The monoisotopic (exact) mass is 444 g/mol. The summed E-state index contributed by atoms with van der Waals surface area (Å²) in [6.45, 7) is -0.383. The zero-order chi connectivity index (χ0) is 23.7. The molecule has 1 amide bonds. The molecule has 5 N–H and O–H groups in total. The third-order valence-electron chi connectivity index (χ3n) is 7.21. The Labute approximate surface area is 183 Å². The second-order valence-electron chi connectivity index (χ2n) is 9.04. The predicted octanol–water partition coefficient (Wildman–Crippen LogP) is -1.64. The van der Waals surface area contributed by atoms with E-state index in [-0.39, 0.29) is 30.8 Å². The molecule has 3 aliphatic rings. The van der Waals surface area contributed by atoms with Gasteiger partial charge in [-0.1, -0.05) is 6.07 Å². The van der Waals surface area contributed by atoms with Crippen molar-refractivity contribution in [2.75, 3.05) is 14.1 Å². The quantitative estimate of drug-likeness (QED) is 0.398. The lowest BCUT2D eigenvalue weighted by atomic mass is 9.52. The van der Waals surface area contributed by atoms with Gasteiger partial charge in [-0.3, -0.25) is 28.9 Å². The molecule has 10 heteroatoms. The van der Waals surface area contributed by atoms with E-state index in [2.05, 4.69) is 0 Å². The molecule has 10 nitrogen and oxygen atoms in total. The molecule has 32 heavy (non-hydrogen) atoms. The van der Waals surface area contributed by atoms with E-state index in [0.29, 0.717) is 11.1 Å². The number of aromatic hydroxyl groups is 1. The normalized spacial score (nSPS) is 34.2. The SMILES string of the molecule is CN(C)[C@@H]1C(=O)C(C(N)=O)C(=O)[C@@]2(O)C(=O)C3C(=O)c4c(O)ccc(CO)c4C[C@H]3C[C@@H]12. The number of carbonyl (C=O) groups excluding carboxylic acids is 5. The van der Waals surface area contributed by atoms with Crippen LogP contribution in [0.2, 0.25) is 0 Å². The molecule has 0 radical (unpaired) electrons. The summed E-state index contributed by atoms with van der Waals surface area (Å²) in [6, 6.07) is 1.58.